The summed E-state index contributed by atoms with van der Waals surface area (Å²) in [4.78, 5) is 0.368. The van der Waals surface area contributed by atoms with Crippen LogP contribution in [0.25, 0.3) is 0 Å². The molecule has 0 atom stereocenters. The lowest BCUT2D eigenvalue weighted by atomic mass is 10.3. The molecular weight excluding hydrogens is 330 g/mol. The smallest absolute Gasteiger partial charge is 0.137 e. The first-order valence-electron chi connectivity index (χ1n) is 2.45. The van der Waals surface area contributed by atoms with Gasteiger partial charge in [0, 0.05) is 8.04 Å². The predicted molar refractivity (Wildman–Crippen MR) is 54.1 cm³/mol. The molecule has 0 aliphatic heterocycles. The molecule has 4 heteroatoms. The molecule has 0 saturated heterocycles. The van der Waals surface area contributed by atoms with E-state index in [4.69, 9.17) is 0 Å². The minimum absolute atomic E-state index is 0.296. The number of hydrogen-bond acceptors (Lipinski definition) is 1. The molecule has 0 heterocycles. The van der Waals surface area contributed by atoms with E-state index in [1.54, 1.807) is 6.07 Å². The Kier molecular flexibility index (Phi) is 3.00. The van der Waals surface area contributed by atoms with Crippen LogP contribution >= 0.6 is 51.1 Å². The second-order valence-electron chi connectivity index (χ2n) is 1.69. The first kappa shape index (κ1) is 8.80. The number of benzene rings is 1. The lowest BCUT2D eigenvalue weighted by Crippen LogP contribution is -1.82. The zero-order valence-corrected chi connectivity index (χ0v) is 9.37. The summed E-state index contributed by atoms with van der Waals surface area (Å²) < 4.78 is 14.3. The highest BCUT2D eigenvalue weighted by molar-refractivity contribution is 14.1. The van der Waals surface area contributed by atoms with Crippen LogP contribution in [0, 0.1) is 9.39 Å². The van der Waals surface area contributed by atoms with Crippen LogP contribution in [0.2, 0.25) is 0 Å². The van der Waals surface area contributed by atoms with Gasteiger partial charge < -0.3 is 0 Å². The Balaban J connectivity index is 3.34. The second kappa shape index (κ2) is 3.40. The first-order valence-corrected chi connectivity index (χ1v) is 4.77. The number of rotatable bonds is 0. The van der Waals surface area contributed by atoms with Gasteiger partial charge in [-0.05, 0) is 50.7 Å². The molecule has 0 aliphatic carbocycles. The molecule has 0 bridgehead atoms. The molecule has 0 spiro atoms. The average Bonchev–Trinajstić information content (AvgIpc) is 1.93. The molecule has 0 fully saturated rings. The van der Waals surface area contributed by atoms with Gasteiger partial charge in [-0.15, -0.1) is 12.6 Å². The lowest BCUT2D eigenvalue weighted by Gasteiger charge is -1.99. The normalized spacial score (nSPS) is 10.0. The molecule has 0 unspecified atom stereocenters. The van der Waals surface area contributed by atoms with Gasteiger partial charge in [-0.2, -0.15) is 0 Å². The third-order valence-corrected chi connectivity index (χ3v) is 4.23. The van der Waals surface area contributed by atoms with Crippen LogP contribution in [-0.2, 0) is 0 Å². The molecule has 1 rings (SSSR count). The summed E-state index contributed by atoms with van der Waals surface area (Å²) in [6.07, 6.45) is 0. The van der Waals surface area contributed by atoms with Crippen molar-refractivity contribution in [3.63, 3.8) is 0 Å². The van der Waals surface area contributed by atoms with Gasteiger partial charge >= 0.3 is 0 Å². The zero-order chi connectivity index (χ0) is 7.72. The summed E-state index contributed by atoms with van der Waals surface area (Å²) in [7, 11) is 0. The van der Waals surface area contributed by atoms with Crippen LogP contribution in [0.3, 0.4) is 0 Å². The van der Waals surface area contributed by atoms with Crippen molar-refractivity contribution >= 4 is 51.1 Å². The van der Waals surface area contributed by atoms with E-state index in [1.807, 2.05) is 0 Å². The maximum atomic E-state index is 12.6. The van der Waals surface area contributed by atoms with Crippen LogP contribution in [0.5, 0.6) is 0 Å². The Morgan fingerprint density at radius 1 is 1.50 bits per heavy atom. The molecule has 0 aliphatic rings. The molecule has 1 aromatic carbocycles. The fourth-order valence-corrected chi connectivity index (χ4v) is 1.70. The Hall–Kier alpha value is 0.710. The van der Waals surface area contributed by atoms with E-state index in [0.717, 1.165) is 8.04 Å². The Morgan fingerprint density at radius 2 is 2.10 bits per heavy atom. The Labute approximate surface area is 85.9 Å². The molecule has 0 radical (unpaired) electrons. The van der Waals surface area contributed by atoms with Crippen molar-refractivity contribution in [2.45, 2.75) is 4.90 Å². The van der Waals surface area contributed by atoms with Crippen LogP contribution in [0.1, 0.15) is 0 Å². The van der Waals surface area contributed by atoms with Gasteiger partial charge in [-0.1, -0.05) is 0 Å². The highest BCUT2D eigenvalue weighted by Gasteiger charge is 2.04. The summed E-state index contributed by atoms with van der Waals surface area (Å²) in [5, 5.41) is 0. The average molecular weight is 333 g/mol. The SMILES string of the molecule is Fc1ccc(I)c(Br)c1S. The molecular formula is C6H3BrFIS. The molecule has 0 aromatic heterocycles. The quantitative estimate of drug-likeness (QED) is 0.420. The lowest BCUT2D eigenvalue weighted by molar-refractivity contribution is 0.600. The topological polar surface area (TPSA) is 0 Å². The summed E-state index contributed by atoms with van der Waals surface area (Å²) in [5.74, 6) is -0.296. The van der Waals surface area contributed by atoms with Gasteiger partial charge in [0.1, 0.15) is 5.82 Å². The third kappa shape index (κ3) is 1.65. The van der Waals surface area contributed by atoms with E-state index in [0.29, 0.717) is 4.90 Å². The molecule has 0 N–H and O–H groups in total. The van der Waals surface area contributed by atoms with E-state index in [1.165, 1.54) is 6.07 Å². The number of halogens is 3. The summed E-state index contributed by atoms with van der Waals surface area (Å²) in [6, 6.07) is 3.09. The zero-order valence-electron chi connectivity index (χ0n) is 4.74. The molecule has 0 amide bonds. The highest BCUT2D eigenvalue weighted by Crippen LogP contribution is 2.28. The number of hydrogen-bond donors (Lipinski definition) is 1. The van der Waals surface area contributed by atoms with Crippen LogP contribution in [-0.4, -0.2) is 0 Å². The molecule has 54 valence electrons. The first-order chi connectivity index (χ1) is 4.63. The molecule has 0 nitrogen and oxygen atoms in total. The van der Waals surface area contributed by atoms with Crippen LogP contribution in [0.15, 0.2) is 21.5 Å². The largest absolute Gasteiger partial charge is 0.206 e. The predicted octanol–water partition coefficient (Wildman–Crippen LogP) is 3.48. The van der Waals surface area contributed by atoms with Gasteiger partial charge in [0.2, 0.25) is 0 Å². The van der Waals surface area contributed by atoms with Crippen LogP contribution in [0.4, 0.5) is 4.39 Å². The van der Waals surface area contributed by atoms with E-state index in [-0.39, 0.29) is 5.82 Å². The molecule has 10 heavy (non-hydrogen) atoms. The van der Waals surface area contributed by atoms with Gasteiger partial charge in [-0.25, -0.2) is 4.39 Å². The van der Waals surface area contributed by atoms with Gasteiger partial charge in [0.25, 0.3) is 0 Å². The van der Waals surface area contributed by atoms with E-state index in [2.05, 4.69) is 51.1 Å². The van der Waals surface area contributed by atoms with Gasteiger partial charge in [0.05, 0.1) is 4.90 Å². The van der Waals surface area contributed by atoms with E-state index < -0.39 is 0 Å². The van der Waals surface area contributed by atoms with Gasteiger partial charge in [-0.3, -0.25) is 0 Å². The van der Waals surface area contributed by atoms with Crippen molar-refractivity contribution in [3.8, 4) is 0 Å². The van der Waals surface area contributed by atoms with Crippen molar-refractivity contribution in [1.29, 1.82) is 0 Å². The van der Waals surface area contributed by atoms with Crippen molar-refractivity contribution in [2.24, 2.45) is 0 Å². The Morgan fingerprint density at radius 3 is 2.60 bits per heavy atom. The van der Waals surface area contributed by atoms with Crippen molar-refractivity contribution < 1.29 is 4.39 Å². The van der Waals surface area contributed by atoms with E-state index in [9.17, 15) is 4.39 Å². The highest BCUT2D eigenvalue weighted by atomic mass is 127. The number of thiol groups is 1. The summed E-state index contributed by atoms with van der Waals surface area (Å²) in [6.45, 7) is 0. The van der Waals surface area contributed by atoms with Crippen molar-refractivity contribution in [1.82, 2.24) is 0 Å². The minimum atomic E-state index is -0.296. The fraction of sp³-hybridized carbons (Fsp3) is 0. The fourth-order valence-electron chi connectivity index (χ4n) is 0.516. The minimum Gasteiger partial charge on any atom is -0.206 e. The standard InChI is InChI=1S/C6H3BrFIS/c7-5-4(9)2-1-3(8)6(5)10/h1-2,10H. The third-order valence-electron chi connectivity index (χ3n) is 1.02. The Bertz CT molecular complexity index is 237. The second-order valence-corrected chi connectivity index (χ2v) is 4.09. The molecule has 1 aromatic rings. The van der Waals surface area contributed by atoms with E-state index >= 15 is 0 Å². The maximum Gasteiger partial charge on any atom is 0.137 e. The van der Waals surface area contributed by atoms with Gasteiger partial charge in [0.15, 0.2) is 0 Å². The maximum absolute atomic E-state index is 12.6. The summed E-state index contributed by atoms with van der Waals surface area (Å²) in [5.41, 5.74) is 0. The molecule has 0 saturated carbocycles. The summed E-state index contributed by atoms with van der Waals surface area (Å²) >= 11 is 9.26. The van der Waals surface area contributed by atoms with Crippen molar-refractivity contribution in [2.75, 3.05) is 0 Å². The van der Waals surface area contributed by atoms with Crippen molar-refractivity contribution in [3.05, 3.63) is 26.0 Å². The monoisotopic (exact) mass is 332 g/mol. The van der Waals surface area contributed by atoms with Crippen LogP contribution < -0.4 is 0 Å².